The van der Waals surface area contributed by atoms with Gasteiger partial charge in [0.1, 0.15) is 0 Å². The Morgan fingerprint density at radius 3 is 0.800 bits per heavy atom. The molecule has 0 N–H and O–H groups in total. The maximum absolute atomic E-state index is 2.19. The Labute approximate surface area is 37.3 Å². The van der Waals surface area contributed by atoms with Gasteiger partial charge in [0.25, 0.3) is 0 Å². The van der Waals surface area contributed by atoms with E-state index in [2.05, 4.69) is 5.76 Å². The predicted octanol–water partition coefficient (Wildman–Crippen LogP) is -0.143. The van der Waals surface area contributed by atoms with Gasteiger partial charge in [0.15, 0.2) is 0 Å². The molecule has 0 unspecified atom stereocenters. The van der Waals surface area contributed by atoms with Gasteiger partial charge < -0.3 is 0 Å². The van der Waals surface area contributed by atoms with Gasteiger partial charge in [-0.25, -0.2) is 0 Å². The molecule has 5 heavy (non-hydrogen) atoms. The van der Waals surface area contributed by atoms with Crippen molar-refractivity contribution in [1.82, 2.24) is 0 Å². The Morgan fingerprint density at radius 1 is 0.800 bits per heavy atom. The molecule has 0 saturated carbocycles. The quantitative estimate of drug-likeness (QED) is 0.422. The van der Waals surface area contributed by atoms with Crippen molar-refractivity contribution in [1.29, 1.82) is 0 Å². The number of halogens is 3. The van der Waals surface area contributed by atoms with Crippen LogP contribution < -0.4 is 0 Å². The molecule has 0 aromatic heterocycles. The van der Waals surface area contributed by atoms with Crippen molar-refractivity contribution in [2.45, 2.75) is 5.76 Å². The van der Waals surface area contributed by atoms with Crippen LogP contribution in [-0.4, -0.2) is 16.5 Å². The molecule has 0 aromatic rings. The van der Waals surface area contributed by atoms with Crippen molar-refractivity contribution in [3.8, 4) is 0 Å². The minimum atomic E-state index is 0. The number of rotatable bonds is 0. The van der Waals surface area contributed by atoms with Crippen LogP contribution in [0.2, 0.25) is 5.76 Å². The van der Waals surface area contributed by atoms with Crippen LogP contribution in [0, 0.1) is 0 Å². The molecule has 0 heterocycles. The summed E-state index contributed by atoms with van der Waals surface area (Å²) in [5, 5.41) is 0. The first-order chi connectivity index (χ1) is 1.00. The third-order valence-corrected chi connectivity index (χ3v) is 0. The third-order valence-electron chi connectivity index (χ3n) is 0. The minimum absolute atomic E-state index is 0. The summed E-state index contributed by atoms with van der Waals surface area (Å²) in [6.07, 6.45) is 0. The van der Waals surface area contributed by atoms with Gasteiger partial charge in [-0.1, -0.05) is 0 Å². The third kappa shape index (κ3) is 213. The predicted molar refractivity (Wildman–Crippen MR) is 23.3 cm³/mol. The molecule has 0 amide bonds. The first-order valence-electron chi connectivity index (χ1n) is 1.00. The summed E-state index contributed by atoms with van der Waals surface area (Å²) >= 11 is 1.06. The van der Waals surface area contributed by atoms with Crippen LogP contribution >= 0.6 is 0 Å². The maximum atomic E-state index is 2.19. The van der Waals surface area contributed by atoms with Gasteiger partial charge in [-0.15, -0.1) is 0 Å². The van der Waals surface area contributed by atoms with E-state index in [1.165, 1.54) is 0 Å². The molecule has 0 aliphatic heterocycles. The van der Waals surface area contributed by atoms with Crippen molar-refractivity contribution in [3.63, 3.8) is 0 Å². The topological polar surface area (TPSA) is 0 Å². The van der Waals surface area contributed by atoms with Gasteiger partial charge in [0.05, 0.1) is 0 Å². The molecule has 4 heteroatoms. The summed E-state index contributed by atoms with van der Waals surface area (Å²) < 4.78 is 0. The molecule has 0 atom stereocenters. The second-order valence-electron chi connectivity index (χ2n) is 0. The molecule has 0 radical (unpaired) electrons. The van der Waals surface area contributed by atoms with E-state index in [-0.39, 0.29) is 14.1 Å². The first kappa shape index (κ1) is 56.4. The molecule has 0 fully saturated rings. The molecule has 0 aromatic carbocycles. The van der Waals surface area contributed by atoms with Crippen molar-refractivity contribution in [2.24, 2.45) is 0 Å². The SMILES string of the molecule is F.F.F.[CH3][GeH3]. The summed E-state index contributed by atoms with van der Waals surface area (Å²) in [4.78, 5) is 0. The Kier molecular flexibility index (Phi) is 4900. The van der Waals surface area contributed by atoms with Crippen LogP contribution in [-0.2, 0) is 0 Å². The normalized spacial score (nSPS) is 1.80. The van der Waals surface area contributed by atoms with E-state index in [0.29, 0.717) is 0 Å². The Hall–Kier alpha value is 0.333. The average molecular weight is 151 g/mol. The van der Waals surface area contributed by atoms with Gasteiger partial charge in [0.2, 0.25) is 0 Å². The average Bonchev–Trinajstić information content (AvgIpc) is 1.00. The molecule has 0 aliphatic carbocycles. The van der Waals surface area contributed by atoms with Crippen LogP contribution in [0.25, 0.3) is 0 Å². The van der Waals surface area contributed by atoms with Crippen molar-refractivity contribution < 1.29 is 14.1 Å². The van der Waals surface area contributed by atoms with E-state index in [9.17, 15) is 0 Å². The summed E-state index contributed by atoms with van der Waals surface area (Å²) in [6, 6.07) is 0. The summed E-state index contributed by atoms with van der Waals surface area (Å²) in [6.45, 7) is 0. The van der Waals surface area contributed by atoms with Gasteiger partial charge in [0, 0.05) is 0 Å². The van der Waals surface area contributed by atoms with Crippen LogP contribution in [0.4, 0.5) is 14.1 Å². The molecule has 38 valence electrons. The standard InChI is InChI=1S/CH6Ge.3FH/c1-2;;;/h1-2H3;3*1H. The van der Waals surface area contributed by atoms with E-state index >= 15 is 0 Å². The Bertz CT molecular complexity index is 6.85. The number of hydrogen-bond donors (Lipinski definition) is 0. The fraction of sp³-hybridized carbons (Fsp3) is 1.00. The molecule has 0 rings (SSSR count). The zero-order valence-corrected chi connectivity index (χ0v) is 7.42. The molecule has 0 nitrogen and oxygen atoms in total. The van der Waals surface area contributed by atoms with Gasteiger partial charge >= 0.3 is 22.3 Å². The zero-order valence-electron chi connectivity index (χ0n) is 3.22. The van der Waals surface area contributed by atoms with Gasteiger partial charge in [-0.3, -0.25) is 14.1 Å². The fourth-order valence-electron chi connectivity index (χ4n) is 0. The molecule has 0 bridgehead atoms. The molecule has 0 aliphatic rings. The summed E-state index contributed by atoms with van der Waals surface area (Å²) in [7, 11) is 0. The van der Waals surface area contributed by atoms with Gasteiger partial charge in [-0.2, -0.15) is 0 Å². The first-order valence-corrected chi connectivity index (χ1v) is 5.20. The molecular weight excluding hydrogens is 142 g/mol. The van der Waals surface area contributed by atoms with Crippen LogP contribution in [0.3, 0.4) is 0 Å². The van der Waals surface area contributed by atoms with E-state index < -0.39 is 0 Å². The summed E-state index contributed by atoms with van der Waals surface area (Å²) in [5.41, 5.74) is 0. The van der Waals surface area contributed by atoms with Crippen LogP contribution in [0.1, 0.15) is 0 Å². The zero-order chi connectivity index (χ0) is 2.00. The van der Waals surface area contributed by atoms with E-state index in [1.54, 1.807) is 0 Å². The van der Waals surface area contributed by atoms with Crippen molar-refractivity contribution >= 4 is 16.5 Å². The molecular formula is CH9F3Ge. The Morgan fingerprint density at radius 2 is 0.800 bits per heavy atom. The van der Waals surface area contributed by atoms with Gasteiger partial charge in [-0.05, 0) is 0 Å². The second kappa shape index (κ2) is 434. The monoisotopic (exact) mass is 152 g/mol. The number of hydrogen-bond acceptors (Lipinski definition) is 0. The van der Waals surface area contributed by atoms with Crippen molar-refractivity contribution in [3.05, 3.63) is 0 Å². The van der Waals surface area contributed by atoms with Crippen LogP contribution in [0.15, 0.2) is 0 Å². The molecule has 0 spiro atoms. The Balaban J connectivity index is -0.00000000167. The van der Waals surface area contributed by atoms with E-state index in [1.807, 2.05) is 0 Å². The summed E-state index contributed by atoms with van der Waals surface area (Å²) in [5.74, 6) is 2.19. The van der Waals surface area contributed by atoms with E-state index in [4.69, 9.17) is 0 Å². The van der Waals surface area contributed by atoms with Crippen LogP contribution in [0.5, 0.6) is 0 Å². The molecule has 0 saturated heterocycles. The fourth-order valence-corrected chi connectivity index (χ4v) is 0. The second-order valence-corrected chi connectivity index (χ2v) is 0. The van der Waals surface area contributed by atoms with Crippen molar-refractivity contribution in [2.75, 3.05) is 0 Å². The van der Waals surface area contributed by atoms with E-state index in [0.717, 1.165) is 16.5 Å².